The van der Waals surface area contributed by atoms with E-state index < -0.39 is 17.7 Å². The zero-order valence-electron chi connectivity index (χ0n) is 14.7. The SMILES string of the molecule is NC(=O)Cn1c(O)c(N=NC(=O)CNC(=O)c2ccccc2)c2ccccc21. The fraction of sp³-hybridized carbons (Fsp3) is 0.105. The number of benzene rings is 2. The lowest BCUT2D eigenvalue weighted by Crippen LogP contribution is -2.28. The maximum Gasteiger partial charge on any atom is 0.283 e. The Kier molecular flexibility index (Phi) is 5.45. The average molecular weight is 379 g/mol. The summed E-state index contributed by atoms with van der Waals surface area (Å²) in [6.07, 6.45) is 0. The smallest absolute Gasteiger partial charge is 0.283 e. The van der Waals surface area contributed by atoms with Crippen LogP contribution in [0.1, 0.15) is 10.4 Å². The molecule has 0 bridgehead atoms. The number of hydrogen-bond donors (Lipinski definition) is 3. The Morgan fingerprint density at radius 3 is 2.43 bits per heavy atom. The lowest BCUT2D eigenvalue weighted by atomic mass is 10.2. The summed E-state index contributed by atoms with van der Waals surface area (Å²) in [5.74, 6) is -2.08. The number of nitrogens with one attached hydrogen (secondary N) is 1. The lowest BCUT2D eigenvalue weighted by molar-refractivity contribution is -0.119. The molecule has 142 valence electrons. The molecule has 1 heterocycles. The summed E-state index contributed by atoms with van der Waals surface area (Å²) in [6.45, 7) is -0.596. The number of aromatic hydroxyl groups is 1. The van der Waals surface area contributed by atoms with Gasteiger partial charge in [-0.2, -0.15) is 0 Å². The van der Waals surface area contributed by atoms with Crippen molar-refractivity contribution in [3.8, 4) is 5.88 Å². The van der Waals surface area contributed by atoms with Crippen LogP contribution in [-0.2, 0) is 16.1 Å². The van der Waals surface area contributed by atoms with Gasteiger partial charge in [-0.1, -0.05) is 36.4 Å². The van der Waals surface area contributed by atoms with Crippen molar-refractivity contribution in [1.82, 2.24) is 9.88 Å². The van der Waals surface area contributed by atoms with Crippen LogP contribution in [0.3, 0.4) is 0 Å². The van der Waals surface area contributed by atoms with Crippen LogP contribution in [0.15, 0.2) is 64.8 Å². The molecule has 4 N–H and O–H groups in total. The Bertz CT molecular complexity index is 1070. The topological polar surface area (TPSA) is 139 Å². The highest BCUT2D eigenvalue weighted by Gasteiger charge is 2.18. The van der Waals surface area contributed by atoms with Crippen LogP contribution in [0.2, 0.25) is 0 Å². The van der Waals surface area contributed by atoms with E-state index in [1.807, 2.05) is 0 Å². The number of para-hydroxylation sites is 1. The standard InChI is InChI=1S/C19H17N5O4/c20-15(25)11-24-14-9-5-4-8-13(14)17(19(24)28)23-22-16(26)10-21-18(27)12-6-2-1-3-7-12/h1-9,28H,10-11H2,(H2,20,25)(H,21,27). The van der Waals surface area contributed by atoms with E-state index in [1.165, 1.54) is 4.57 Å². The fourth-order valence-corrected chi connectivity index (χ4v) is 2.67. The van der Waals surface area contributed by atoms with Crippen LogP contribution < -0.4 is 11.1 Å². The Morgan fingerprint density at radius 1 is 1.04 bits per heavy atom. The Labute approximate surface area is 159 Å². The fourth-order valence-electron chi connectivity index (χ4n) is 2.67. The highest BCUT2D eigenvalue weighted by atomic mass is 16.3. The molecular weight excluding hydrogens is 362 g/mol. The van der Waals surface area contributed by atoms with Crippen LogP contribution in [-0.4, -0.2) is 33.9 Å². The van der Waals surface area contributed by atoms with Gasteiger partial charge in [-0.15, -0.1) is 10.2 Å². The molecule has 0 saturated carbocycles. The number of nitrogens with zero attached hydrogens (tertiary/aromatic N) is 3. The molecule has 9 nitrogen and oxygen atoms in total. The van der Waals surface area contributed by atoms with E-state index in [2.05, 4.69) is 15.5 Å². The monoisotopic (exact) mass is 379 g/mol. The number of fused-ring (bicyclic) bond motifs is 1. The van der Waals surface area contributed by atoms with E-state index in [1.54, 1.807) is 54.6 Å². The molecule has 0 aliphatic heterocycles. The molecule has 28 heavy (non-hydrogen) atoms. The molecule has 0 spiro atoms. The second-order valence-electron chi connectivity index (χ2n) is 5.88. The van der Waals surface area contributed by atoms with Gasteiger partial charge in [0.1, 0.15) is 13.1 Å². The summed E-state index contributed by atoms with van der Waals surface area (Å²) in [5.41, 5.74) is 6.20. The number of primary amides is 1. The Balaban J connectivity index is 1.76. The number of hydrogen-bond acceptors (Lipinski definition) is 5. The Hall–Kier alpha value is -4.01. The van der Waals surface area contributed by atoms with Crippen LogP contribution in [0, 0.1) is 0 Å². The maximum atomic E-state index is 11.9. The third-order valence-electron chi connectivity index (χ3n) is 3.93. The third-order valence-corrected chi connectivity index (χ3v) is 3.93. The molecule has 0 radical (unpaired) electrons. The van der Waals surface area contributed by atoms with Crippen molar-refractivity contribution >= 4 is 34.3 Å². The van der Waals surface area contributed by atoms with E-state index in [0.717, 1.165) is 0 Å². The number of amides is 3. The van der Waals surface area contributed by atoms with Gasteiger partial charge in [0.05, 0.1) is 5.52 Å². The summed E-state index contributed by atoms with van der Waals surface area (Å²) >= 11 is 0. The first-order valence-corrected chi connectivity index (χ1v) is 8.33. The van der Waals surface area contributed by atoms with E-state index >= 15 is 0 Å². The molecule has 0 aliphatic carbocycles. The molecule has 0 saturated heterocycles. The first kappa shape index (κ1) is 18.8. The predicted molar refractivity (Wildman–Crippen MR) is 101 cm³/mol. The van der Waals surface area contributed by atoms with Gasteiger partial charge in [0.15, 0.2) is 5.69 Å². The maximum absolute atomic E-state index is 11.9. The quantitative estimate of drug-likeness (QED) is 0.563. The van der Waals surface area contributed by atoms with Crippen LogP contribution in [0.25, 0.3) is 10.9 Å². The number of carbonyl (C=O) groups excluding carboxylic acids is 3. The van der Waals surface area contributed by atoms with Gasteiger partial charge in [0, 0.05) is 10.9 Å². The van der Waals surface area contributed by atoms with Crippen molar-refractivity contribution in [2.24, 2.45) is 16.0 Å². The average Bonchev–Trinajstić information content (AvgIpc) is 2.96. The minimum atomic E-state index is -0.699. The first-order chi connectivity index (χ1) is 13.5. The van der Waals surface area contributed by atoms with Crippen molar-refractivity contribution in [2.45, 2.75) is 6.54 Å². The van der Waals surface area contributed by atoms with E-state index in [0.29, 0.717) is 16.5 Å². The minimum absolute atomic E-state index is 0.0413. The van der Waals surface area contributed by atoms with Crippen molar-refractivity contribution in [3.63, 3.8) is 0 Å². The largest absolute Gasteiger partial charge is 0.493 e. The van der Waals surface area contributed by atoms with Gasteiger partial charge in [0.25, 0.3) is 11.8 Å². The summed E-state index contributed by atoms with van der Waals surface area (Å²) in [7, 11) is 0. The molecule has 0 unspecified atom stereocenters. The van der Waals surface area contributed by atoms with Gasteiger partial charge < -0.3 is 20.7 Å². The summed E-state index contributed by atoms with van der Waals surface area (Å²) in [6, 6.07) is 15.2. The van der Waals surface area contributed by atoms with Gasteiger partial charge >= 0.3 is 0 Å². The summed E-state index contributed by atoms with van der Waals surface area (Å²) in [4.78, 5) is 35.1. The van der Waals surface area contributed by atoms with E-state index in [4.69, 9.17) is 5.73 Å². The number of azo groups is 1. The molecule has 9 heteroatoms. The Morgan fingerprint density at radius 2 is 1.71 bits per heavy atom. The van der Waals surface area contributed by atoms with Gasteiger partial charge in [-0.25, -0.2) is 0 Å². The molecule has 0 aliphatic rings. The molecule has 1 aromatic heterocycles. The van der Waals surface area contributed by atoms with E-state index in [9.17, 15) is 19.5 Å². The highest BCUT2D eigenvalue weighted by Crippen LogP contribution is 2.38. The second kappa shape index (κ2) is 8.12. The number of aromatic nitrogens is 1. The molecule has 3 amide bonds. The lowest BCUT2D eigenvalue weighted by Gasteiger charge is -2.03. The molecule has 2 aromatic carbocycles. The predicted octanol–water partition coefficient (Wildman–Crippen LogP) is 1.87. The van der Waals surface area contributed by atoms with Crippen molar-refractivity contribution in [2.75, 3.05) is 6.54 Å². The molecule has 3 aromatic rings. The number of rotatable bonds is 6. The van der Waals surface area contributed by atoms with Gasteiger partial charge in [-0.05, 0) is 18.2 Å². The van der Waals surface area contributed by atoms with Crippen LogP contribution in [0.5, 0.6) is 5.88 Å². The first-order valence-electron chi connectivity index (χ1n) is 8.33. The second-order valence-corrected chi connectivity index (χ2v) is 5.88. The van der Waals surface area contributed by atoms with Gasteiger partial charge in [-0.3, -0.25) is 14.4 Å². The summed E-state index contributed by atoms with van der Waals surface area (Å²) in [5, 5.41) is 20.7. The zero-order valence-corrected chi connectivity index (χ0v) is 14.7. The zero-order chi connectivity index (χ0) is 20.1. The van der Waals surface area contributed by atoms with E-state index in [-0.39, 0.29) is 24.7 Å². The molecule has 3 rings (SSSR count). The van der Waals surface area contributed by atoms with Crippen LogP contribution >= 0.6 is 0 Å². The number of nitrogens with two attached hydrogens (primary N) is 1. The van der Waals surface area contributed by atoms with Gasteiger partial charge in [0.2, 0.25) is 11.8 Å². The molecular formula is C19H17N5O4. The van der Waals surface area contributed by atoms with Crippen molar-refractivity contribution < 1.29 is 19.5 Å². The van der Waals surface area contributed by atoms with Crippen LogP contribution in [0.4, 0.5) is 5.69 Å². The molecule has 0 atom stereocenters. The van der Waals surface area contributed by atoms with Crippen molar-refractivity contribution in [3.05, 3.63) is 60.2 Å². The summed E-state index contributed by atoms with van der Waals surface area (Å²) < 4.78 is 1.29. The normalized spacial score (nSPS) is 11.0. The minimum Gasteiger partial charge on any atom is -0.493 e. The molecule has 0 fully saturated rings. The highest BCUT2D eigenvalue weighted by molar-refractivity contribution is 5.97. The third kappa shape index (κ3) is 4.04. The number of carbonyl (C=O) groups is 3. The van der Waals surface area contributed by atoms with Crippen molar-refractivity contribution in [1.29, 1.82) is 0 Å².